The maximum atomic E-state index is 11.0. The number of carboxylic acids is 1. The van der Waals surface area contributed by atoms with Crippen molar-refractivity contribution in [3.8, 4) is 0 Å². The molecule has 0 heterocycles. The predicted octanol–water partition coefficient (Wildman–Crippen LogP) is 0.686. The van der Waals surface area contributed by atoms with Crippen molar-refractivity contribution in [3.63, 3.8) is 0 Å². The van der Waals surface area contributed by atoms with E-state index in [0.29, 0.717) is 0 Å². The molecule has 3 N–H and O–H groups in total. The molecule has 0 spiro atoms. The van der Waals surface area contributed by atoms with Gasteiger partial charge in [0.05, 0.1) is 5.56 Å². The Hall–Kier alpha value is -2.17. The second-order valence-electron chi connectivity index (χ2n) is 3.02. The SMILES string of the molecule is CC(=O)c1cc(C(N)=O)cc(C(=O)O)c1. The molecule has 0 saturated heterocycles. The van der Waals surface area contributed by atoms with Crippen LogP contribution < -0.4 is 5.73 Å². The molecule has 0 saturated carbocycles. The zero-order chi connectivity index (χ0) is 11.6. The van der Waals surface area contributed by atoms with E-state index >= 15 is 0 Å². The molecule has 0 aliphatic rings. The van der Waals surface area contributed by atoms with Gasteiger partial charge in [-0.15, -0.1) is 0 Å². The molecule has 0 aromatic heterocycles. The van der Waals surface area contributed by atoms with E-state index in [1.807, 2.05) is 0 Å². The Morgan fingerprint density at radius 3 is 1.93 bits per heavy atom. The number of carboxylic acid groups (broad SMARTS) is 1. The molecular weight excluding hydrogens is 198 g/mol. The summed E-state index contributed by atoms with van der Waals surface area (Å²) in [5.41, 5.74) is 5.05. The lowest BCUT2D eigenvalue weighted by molar-refractivity contribution is 0.0697. The minimum Gasteiger partial charge on any atom is -0.478 e. The van der Waals surface area contributed by atoms with E-state index in [9.17, 15) is 14.4 Å². The largest absolute Gasteiger partial charge is 0.478 e. The van der Waals surface area contributed by atoms with Crippen LogP contribution in [-0.2, 0) is 0 Å². The number of hydrogen-bond acceptors (Lipinski definition) is 3. The highest BCUT2D eigenvalue weighted by Crippen LogP contribution is 2.11. The molecule has 5 nitrogen and oxygen atoms in total. The highest BCUT2D eigenvalue weighted by atomic mass is 16.4. The number of Topliss-reactive ketones (excluding diaryl/α,β-unsaturated/α-hetero) is 1. The van der Waals surface area contributed by atoms with Gasteiger partial charge in [0, 0.05) is 11.1 Å². The number of aromatic carboxylic acids is 1. The van der Waals surface area contributed by atoms with Gasteiger partial charge in [0.15, 0.2) is 5.78 Å². The molecule has 1 aromatic rings. The lowest BCUT2D eigenvalue weighted by atomic mass is 10.0. The number of nitrogens with two attached hydrogens (primary N) is 1. The molecule has 78 valence electrons. The van der Waals surface area contributed by atoms with Crippen molar-refractivity contribution in [2.45, 2.75) is 6.92 Å². The van der Waals surface area contributed by atoms with Gasteiger partial charge in [0.1, 0.15) is 0 Å². The topological polar surface area (TPSA) is 97.5 Å². The van der Waals surface area contributed by atoms with E-state index in [4.69, 9.17) is 10.8 Å². The number of hydrogen-bond donors (Lipinski definition) is 2. The van der Waals surface area contributed by atoms with Gasteiger partial charge in [-0.3, -0.25) is 9.59 Å². The molecule has 0 bridgehead atoms. The van der Waals surface area contributed by atoms with Crippen LogP contribution in [0, 0.1) is 0 Å². The highest BCUT2D eigenvalue weighted by Gasteiger charge is 2.11. The molecule has 0 aliphatic heterocycles. The van der Waals surface area contributed by atoms with Crippen LogP contribution in [0.3, 0.4) is 0 Å². The van der Waals surface area contributed by atoms with Crippen LogP contribution in [0.4, 0.5) is 0 Å². The number of ketones is 1. The van der Waals surface area contributed by atoms with Gasteiger partial charge < -0.3 is 10.8 Å². The molecule has 15 heavy (non-hydrogen) atoms. The Kier molecular flexibility index (Phi) is 2.85. The molecule has 0 fully saturated rings. The first-order valence-electron chi connectivity index (χ1n) is 4.11. The summed E-state index contributed by atoms with van der Waals surface area (Å²) in [6, 6.07) is 3.62. The van der Waals surface area contributed by atoms with Crippen LogP contribution in [-0.4, -0.2) is 22.8 Å². The minimum absolute atomic E-state index is 0.0140. The fraction of sp³-hybridized carbons (Fsp3) is 0.100. The average Bonchev–Trinajstić information content (AvgIpc) is 2.16. The van der Waals surface area contributed by atoms with E-state index in [-0.39, 0.29) is 22.5 Å². The van der Waals surface area contributed by atoms with E-state index in [0.717, 1.165) is 6.07 Å². The monoisotopic (exact) mass is 207 g/mol. The second-order valence-corrected chi connectivity index (χ2v) is 3.02. The molecule has 5 heteroatoms. The maximum absolute atomic E-state index is 11.0. The molecule has 0 radical (unpaired) electrons. The minimum atomic E-state index is -1.21. The summed E-state index contributed by atoms with van der Waals surface area (Å²) in [5.74, 6) is -2.29. The summed E-state index contributed by atoms with van der Waals surface area (Å²) in [7, 11) is 0. The number of primary amides is 1. The number of carbonyl (C=O) groups excluding carboxylic acids is 2. The molecule has 1 amide bonds. The van der Waals surface area contributed by atoms with E-state index in [1.165, 1.54) is 19.1 Å². The Morgan fingerprint density at radius 1 is 1.07 bits per heavy atom. The fourth-order valence-corrected chi connectivity index (χ4v) is 1.10. The van der Waals surface area contributed by atoms with E-state index in [1.54, 1.807) is 0 Å². The van der Waals surface area contributed by atoms with Gasteiger partial charge >= 0.3 is 5.97 Å². The van der Waals surface area contributed by atoms with Crippen molar-refractivity contribution in [1.82, 2.24) is 0 Å². The van der Waals surface area contributed by atoms with Gasteiger partial charge in [0.25, 0.3) is 0 Å². The van der Waals surface area contributed by atoms with Crippen LogP contribution in [0.1, 0.15) is 38.0 Å². The predicted molar refractivity (Wildman–Crippen MR) is 51.9 cm³/mol. The molecular formula is C10H9NO4. The van der Waals surface area contributed by atoms with Gasteiger partial charge in [-0.25, -0.2) is 4.79 Å². The summed E-state index contributed by atoms with van der Waals surface area (Å²) < 4.78 is 0. The lowest BCUT2D eigenvalue weighted by Crippen LogP contribution is -2.13. The molecule has 1 rings (SSSR count). The number of carbonyl (C=O) groups is 3. The standard InChI is InChI=1S/C10H9NO4/c1-5(12)6-2-7(9(11)13)4-8(3-6)10(14)15/h2-4H,1H3,(H2,11,13)(H,14,15). The normalized spacial score (nSPS) is 9.67. The lowest BCUT2D eigenvalue weighted by Gasteiger charge is -2.02. The molecule has 0 aliphatic carbocycles. The third kappa shape index (κ3) is 2.40. The van der Waals surface area contributed by atoms with Crippen LogP contribution in [0.2, 0.25) is 0 Å². The van der Waals surface area contributed by atoms with Crippen LogP contribution in [0.5, 0.6) is 0 Å². The van der Waals surface area contributed by atoms with Crippen LogP contribution in [0.25, 0.3) is 0 Å². The van der Waals surface area contributed by atoms with Gasteiger partial charge in [-0.05, 0) is 25.1 Å². The van der Waals surface area contributed by atoms with Crippen molar-refractivity contribution >= 4 is 17.7 Å². The quantitative estimate of drug-likeness (QED) is 0.712. The zero-order valence-corrected chi connectivity index (χ0v) is 7.98. The van der Waals surface area contributed by atoms with Gasteiger partial charge in [-0.2, -0.15) is 0 Å². The van der Waals surface area contributed by atoms with Gasteiger partial charge in [-0.1, -0.05) is 0 Å². The Bertz CT molecular complexity index is 372. The van der Waals surface area contributed by atoms with Crippen molar-refractivity contribution < 1.29 is 19.5 Å². The van der Waals surface area contributed by atoms with Crippen molar-refractivity contribution in [2.75, 3.05) is 0 Å². The van der Waals surface area contributed by atoms with Crippen LogP contribution >= 0.6 is 0 Å². The zero-order valence-electron chi connectivity index (χ0n) is 7.98. The molecule has 0 unspecified atom stereocenters. The summed E-state index contributed by atoms with van der Waals surface area (Å²) in [4.78, 5) is 32.6. The van der Waals surface area contributed by atoms with E-state index in [2.05, 4.69) is 0 Å². The first kappa shape index (κ1) is 10.9. The second kappa shape index (κ2) is 3.91. The summed E-state index contributed by atoms with van der Waals surface area (Å²) >= 11 is 0. The third-order valence-electron chi connectivity index (χ3n) is 1.87. The van der Waals surface area contributed by atoms with Gasteiger partial charge in [0.2, 0.25) is 5.91 Å². The Morgan fingerprint density at radius 2 is 1.53 bits per heavy atom. The number of amides is 1. The Labute approximate surface area is 85.5 Å². The van der Waals surface area contributed by atoms with Crippen molar-refractivity contribution in [2.24, 2.45) is 5.73 Å². The average molecular weight is 207 g/mol. The third-order valence-corrected chi connectivity index (χ3v) is 1.87. The Balaban J connectivity index is 3.39. The first-order valence-corrected chi connectivity index (χ1v) is 4.11. The maximum Gasteiger partial charge on any atom is 0.335 e. The summed E-state index contributed by atoms with van der Waals surface area (Å²) in [5, 5.41) is 8.73. The molecule has 1 aromatic carbocycles. The van der Waals surface area contributed by atoms with Crippen molar-refractivity contribution in [1.29, 1.82) is 0 Å². The van der Waals surface area contributed by atoms with Crippen LogP contribution in [0.15, 0.2) is 18.2 Å². The summed E-state index contributed by atoms with van der Waals surface area (Å²) in [6.07, 6.45) is 0. The number of benzene rings is 1. The smallest absolute Gasteiger partial charge is 0.335 e. The van der Waals surface area contributed by atoms with Crippen molar-refractivity contribution in [3.05, 3.63) is 34.9 Å². The first-order chi connectivity index (χ1) is 6.91. The fourth-order valence-electron chi connectivity index (χ4n) is 1.10. The number of rotatable bonds is 3. The highest BCUT2D eigenvalue weighted by molar-refractivity contribution is 6.02. The summed E-state index contributed by atoms with van der Waals surface area (Å²) in [6.45, 7) is 1.28. The van der Waals surface area contributed by atoms with E-state index < -0.39 is 11.9 Å². The molecule has 0 atom stereocenters.